The molecule has 3 heterocycles. The van der Waals surface area contributed by atoms with Gasteiger partial charge >= 0.3 is 6.09 Å². The predicted molar refractivity (Wildman–Crippen MR) is 130 cm³/mol. The first kappa shape index (κ1) is 21.9. The van der Waals surface area contributed by atoms with Gasteiger partial charge < -0.3 is 19.5 Å². The van der Waals surface area contributed by atoms with Crippen LogP contribution in [0.5, 0.6) is 5.75 Å². The minimum absolute atomic E-state index is 0.0438. The number of ether oxygens (including phenoxy) is 3. The molecule has 34 heavy (non-hydrogen) atoms. The van der Waals surface area contributed by atoms with Crippen molar-refractivity contribution < 1.29 is 19.0 Å². The van der Waals surface area contributed by atoms with E-state index < -0.39 is 0 Å². The fraction of sp³-hybridized carbons (Fsp3) is 0.536. The van der Waals surface area contributed by atoms with Crippen LogP contribution in [0.2, 0.25) is 0 Å². The molecule has 4 fully saturated rings. The molecule has 1 unspecified atom stereocenters. The van der Waals surface area contributed by atoms with E-state index in [1.54, 1.807) is 7.11 Å². The molecular formula is C28H34N2O4. The van der Waals surface area contributed by atoms with Gasteiger partial charge in [-0.3, -0.25) is 4.90 Å². The van der Waals surface area contributed by atoms with Crippen LogP contribution in [0.4, 0.5) is 4.79 Å². The molecule has 2 aromatic carbocycles. The molecule has 3 saturated heterocycles. The normalized spacial score (nSPS) is 27.9. The lowest BCUT2D eigenvalue weighted by Crippen LogP contribution is -2.52. The summed E-state index contributed by atoms with van der Waals surface area (Å²) in [5, 5.41) is 3.28. The van der Waals surface area contributed by atoms with Crippen LogP contribution in [-0.4, -0.2) is 57.1 Å². The summed E-state index contributed by atoms with van der Waals surface area (Å²) in [6, 6.07) is 15.0. The number of carbonyl (C=O) groups excluding carboxylic acids is 1. The Hall–Kier alpha value is -2.57. The highest BCUT2D eigenvalue weighted by atomic mass is 16.6. The van der Waals surface area contributed by atoms with Gasteiger partial charge in [0.1, 0.15) is 18.5 Å². The third kappa shape index (κ3) is 4.18. The second-order valence-electron chi connectivity index (χ2n) is 10.5. The van der Waals surface area contributed by atoms with E-state index in [-0.39, 0.29) is 23.7 Å². The van der Waals surface area contributed by atoms with Crippen LogP contribution in [0.15, 0.2) is 42.5 Å². The number of piperidine rings is 3. The van der Waals surface area contributed by atoms with Crippen molar-refractivity contribution in [3.8, 4) is 16.9 Å². The van der Waals surface area contributed by atoms with E-state index in [9.17, 15) is 4.79 Å². The van der Waals surface area contributed by atoms with Gasteiger partial charge in [-0.05, 0) is 90.9 Å². The first-order valence-corrected chi connectivity index (χ1v) is 12.7. The Morgan fingerprint density at radius 2 is 1.82 bits per heavy atom. The zero-order valence-corrected chi connectivity index (χ0v) is 19.9. The number of hydrogen-bond acceptors (Lipinski definition) is 5. The minimum Gasteiger partial charge on any atom is -0.491 e. The highest BCUT2D eigenvalue weighted by molar-refractivity contribution is 5.71. The van der Waals surface area contributed by atoms with Crippen molar-refractivity contribution in [2.75, 3.05) is 40.0 Å². The molecule has 2 aromatic rings. The van der Waals surface area contributed by atoms with E-state index in [1.807, 2.05) is 12.1 Å². The number of nitrogens with one attached hydrogen (secondary N) is 1. The van der Waals surface area contributed by atoms with Crippen molar-refractivity contribution in [1.82, 2.24) is 10.2 Å². The molecule has 180 valence electrons. The van der Waals surface area contributed by atoms with Gasteiger partial charge in [0.05, 0.1) is 12.6 Å². The molecule has 6 heteroatoms. The summed E-state index contributed by atoms with van der Waals surface area (Å²) < 4.78 is 16.7. The lowest BCUT2D eigenvalue weighted by molar-refractivity contribution is -0.0344. The van der Waals surface area contributed by atoms with Gasteiger partial charge in [0, 0.05) is 13.7 Å². The topological polar surface area (TPSA) is 60.0 Å². The Morgan fingerprint density at radius 3 is 2.50 bits per heavy atom. The molecule has 2 bridgehead atoms. The quantitative estimate of drug-likeness (QED) is 0.611. The summed E-state index contributed by atoms with van der Waals surface area (Å²) in [5.74, 6) is 1.38. The highest BCUT2D eigenvalue weighted by Gasteiger charge is 2.55. The van der Waals surface area contributed by atoms with Crippen LogP contribution >= 0.6 is 0 Å². The van der Waals surface area contributed by atoms with Crippen molar-refractivity contribution >= 4 is 6.09 Å². The van der Waals surface area contributed by atoms with Crippen LogP contribution in [0.3, 0.4) is 0 Å². The molecule has 1 N–H and O–H groups in total. The highest BCUT2D eigenvalue weighted by Crippen LogP contribution is 2.62. The van der Waals surface area contributed by atoms with Crippen LogP contribution in [0, 0.1) is 11.3 Å². The average molecular weight is 463 g/mol. The number of rotatable bonds is 7. The van der Waals surface area contributed by atoms with E-state index in [0.29, 0.717) is 19.1 Å². The third-order valence-electron chi connectivity index (χ3n) is 8.36. The second kappa shape index (κ2) is 8.90. The Labute approximate surface area is 201 Å². The van der Waals surface area contributed by atoms with Gasteiger partial charge in [-0.1, -0.05) is 30.3 Å². The maximum atomic E-state index is 12.9. The maximum Gasteiger partial charge on any atom is 0.407 e. The molecule has 2 atom stereocenters. The van der Waals surface area contributed by atoms with Gasteiger partial charge in [0.15, 0.2) is 0 Å². The fourth-order valence-electron chi connectivity index (χ4n) is 6.21. The van der Waals surface area contributed by atoms with Gasteiger partial charge in [-0.15, -0.1) is 0 Å². The standard InChI is InChI=1S/C28H34N2O4/c1-32-14-15-33-23-5-2-19(3-6-23)21-4-7-24-22(16-21)17-28(10-11-28)26(24)29-27(31)34-25-18-30-12-8-20(25)9-13-30/h2-7,16,20,25-26H,8-15,17-18H2,1H3,(H,29,31)/t25-,26?/m0/s1. The molecule has 3 aliphatic heterocycles. The lowest BCUT2D eigenvalue weighted by Gasteiger charge is -2.44. The third-order valence-corrected chi connectivity index (χ3v) is 8.36. The van der Waals surface area contributed by atoms with E-state index in [4.69, 9.17) is 14.2 Å². The lowest BCUT2D eigenvalue weighted by atomic mass is 9.86. The van der Waals surface area contributed by atoms with Crippen molar-refractivity contribution in [3.05, 3.63) is 53.6 Å². The Morgan fingerprint density at radius 1 is 1.06 bits per heavy atom. The summed E-state index contributed by atoms with van der Waals surface area (Å²) in [7, 11) is 1.67. The summed E-state index contributed by atoms with van der Waals surface area (Å²) in [6.45, 7) is 4.32. The summed E-state index contributed by atoms with van der Waals surface area (Å²) in [5.41, 5.74) is 5.15. The van der Waals surface area contributed by atoms with Crippen LogP contribution in [0.25, 0.3) is 11.1 Å². The number of carbonyl (C=O) groups is 1. The van der Waals surface area contributed by atoms with Crippen LogP contribution in [0.1, 0.15) is 42.9 Å². The predicted octanol–water partition coefficient (Wildman–Crippen LogP) is 4.58. The SMILES string of the molecule is COCCOc1ccc(-c2ccc3c(c2)CC2(CC2)C3NC(=O)O[C@H]2CN3CCC2CC3)cc1. The maximum absolute atomic E-state index is 12.9. The van der Waals surface area contributed by atoms with E-state index in [1.165, 1.54) is 22.3 Å². The largest absolute Gasteiger partial charge is 0.491 e. The number of benzene rings is 2. The molecule has 6 nitrogen and oxygen atoms in total. The first-order valence-electron chi connectivity index (χ1n) is 12.7. The molecule has 1 saturated carbocycles. The second-order valence-corrected chi connectivity index (χ2v) is 10.5. The van der Waals surface area contributed by atoms with Crippen molar-refractivity contribution in [2.24, 2.45) is 11.3 Å². The summed E-state index contributed by atoms with van der Waals surface area (Å²) in [6.07, 6.45) is 5.45. The Balaban J connectivity index is 1.14. The molecule has 2 aliphatic carbocycles. The van der Waals surface area contributed by atoms with E-state index >= 15 is 0 Å². The monoisotopic (exact) mass is 462 g/mol. The van der Waals surface area contributed by atoms with E-state index in [2.05, 4.69) is 40.5 Å². The average Bonchev–Trinajstić information content (AvgIpc) is 3.57. The Bertz CT molecular complexity index is 1040. The zero-order valence-electron chi connectivity index (χ0n) is 19.9. The first-order chi connectivity index (χ1) is 16.6. The van der Waals surface area contributed by atoms with Crippen LogP contribution in [-0.2, 0) is 15.9 Å². The minimum atomic E-state index is -0.240. The summed E-state index contributed by atoms with van der Waals surface area (Å²) >= 11 is 0. The fourth-order valence-corrected chi connectivity index (χ4v) is 6.21. The number of hydrogen-bond donors (Lipinski definition) is 1. The van der Waals surface area contributed by atoms with E-state index in [0.717, 1.165) is 57.5 Å². The van der Waals surface area contributed by atoms with Gasteiger partial charge in [-0.25, -0.2) is 4.79 Å². The smallest absolute Gasteiger partial charge is 0.407 e. The van der Waals surface area contributed by atoms with Crippen molar-refractivity contribution in [1.29, 1.82) is 0 Å². The molecule has 1 spiro atoms. The number of methoxy groups -OCH3 is 1. The molecule has 1 amide bonds. The zero-order chi connectivity index (χ0) is 23.1. The number of alkyl carbamates (subject to hydrolysis) is 1. The van der Waals surface area contributed by atoms with Crippen molar-refractivity contribution in [2.45, 2.75) is 44.2 Å². The number of amides is 1. The van der Waals surface area contributed by atoms with Gasteiger partial charge in [0.2, 0.25) is 0 Å². The van der Waals surface area contributed by atoms with Gasteiger partial charge in [0.25, 0.3) is 0 Å². The number of fused-ring (bicyclic) bond motifs is 4. The molecular weight excluding hydrogens is 428 g/mol. The molecule has 0 aromatic heterocycles. The molecule has 7 rings (SSSR count). The molecule has 5 aliphatic rings. The number of nitrogens with zero attached hydrogens (tertiary/aromatic N) is 1. The Kier molecular flexibility index (Phi) is 5.74. The van der Waals surface area contributed by atoms with Crippen molar-refractivity contribution in [3.63, 3.8) is 0 Å². The molecule has 0 radical (unpaired) electrons. The van der Waals surface area contributed by atoms with Crippen LogP contribution < -0.4 is 10.1 Å². The van der Waals surface area contributed by atoms with Gasteiger partial charge in [-0.2, -0.15) is 0 Å². The summed E-state index contributed by atoms with van der Waals surface area (Å²) in [4.78, 5) is 15.3.